The molecule has 2 heterocycles. The van der Waals surface area contributed by atoms with E-state index in [2.05, 4.69) is 11.0 Å². The molecule has 1 aromatic carbocycles. The van der Waals surface area contributed by atoms with E-state index in [0.29, 0.717) is 18.8 Å². The normalized spacial score (nSPS) is 20.8. The molecule has 21 heavy (non-hydrogen) atoms. The molecule has 1 aromatic rings. The molecule has 114 valence electrons. The van der Waals surface area contributed by atoms with E-state index < -0.39 is 0 Å². The topological polar surface area (TPSA) is 48.0 Å². The molecule has 0 aliphatic carbocycles. The number of hydrogen-bond donors (Lipinski definition) is 0. The maximum Gasteiger partial charge on any atom is 0.338 e. The quantitative estimate of drug-likeness (QED) is 0.781. The summed E-state index contributed by atoms with van der Waals surface area (Å²) in [5, 5.41) is 0. The summed E-state index contributed by atoms with van der Waals surface area (Å²) in [7, 11) is 1.41. The van der Waals surface area contributed by atoms with E-state index >= 15 is 0 Å². The zero-order valence-corrected chi connectivity index (χ0v) is 12.6. The number of aryl methyl sites for hydroxylation is 1. The lowest BCUT2D eigenvalue weighted by molar-refractivity contribution is -0.169. The number of piperidine rings is 1. The smallest absolute Gasteiger partial charge is 0.338 e. The highest BCUT2D eigenvalue weighted by Crippen LogP contribution is 2.33. The van der Waals surface area contributed by atoms with Crippen molar-refractivity contribution < 1.29 is 19.0 Å². The zero-order valence-electron chi connectivity index (χ0n) is 12.6. The molecule has 0 aromatic heterocycles. The molecule has 2 saturated heterocycles. The van der Waals surface area contributed by atoms with Gasteiger partial charge in [0.2, 0.25) is 0 Å². The van der Waals surface area contributed by atoms with Crippen molar-refractivity contribution in [3.05, 3.63) is 29.3 Å². The van der Waals surface area contributed by atoms with Crippen LogP contribution in [0.5, 0.6) is 0 Å². The second-order valence-corrected chi connectivity index (χ2v) is 5.59. The molecule has 0 amide bonds. The first kappa shape index (κ1) is 14.4. The summed E-state index contributed by atoms with van der Waals surface area (Å²) < 4.78 is 16.3. The number of anilines is 1. The van der Waals surface area contributed by atoms with Gasteiger partial charge in [0.05, 0.1) is 25.9 Å². The highest BCUT2D eigenvalue weighted by molar-refractivity contribution is 5.92. The number of ether oxygens (including phenoxy) is 3. The van der Waals surface area contributed by atoms with Gasteiger partial charge in [0.25, 0.3) is 0 Å². The van der Waals surface area contributed by atoms with Gasteiger partial charge in [-0.1, -0.05) is 6.07 Å². The molecule has 0 saturated carbocycles. The average molecular weight is 291 g/mol. The van der Waals surface area contributed by atoms with Crippen molar-refractivity contribution in [2.75, 3.05) is 38.3 Å². The highest BCUT2D eigenvalue weighted by Gasteiger charge is 2.39. The third kappa shape index (κ3) is 2.76. The van der Waals surface area contributed by atoms with E-state index in [-0.39, 0.29) is 11.8 Å². The Kier molecular flexibility index (Phi) is 3.87. The Hall–Kier alpha value is -1.59. The fourth-order valence-electron chi connectivity index (χ4n) is 3.03. The van der Waals surface area contributed by atoms with E-state index in [1.807, 2.05) is 19.1 Å². The Bertz CT molecular complexity index is 527. The van der Waals surface area contributed by atoms with E-state index in [0.717, 1.165) is 37.2 Å². The van der Waals surface area contributed by atoms with Crippen LogP contribution in [0.25, 0.3) is 0 Å². The molecule has 3 rings (SSSR count). The minimum Gasteiger partial charge on any atom is -0.465 e. The van der Waals surface area contributed by atoms with Gasteiger partial charge in [-0.3, -0.25) is 0 Å². The maximum absolute atomic E-state index is 11.8. The summed E-state index contributed by atoms with van der Waals surface area (Å²) in [6.45, 7) is 5.03. The maximum atomic E-state index is 11.8. The predicted molar refractivity (Wildman–Crippen MR) is 78.6 cm³/mol. The van der Waals surface area contributed by atoms with Gasteiger partial charge in [0, 0.05) is 31.6 Å². The summed E-state index contributed by atoms with van der Waals surface area (Å²) in [6, 6.07) is 5.93. The van der Waals surface area contributed by atoms with Crippen LogP contribution in [0.1, 0.15) is 28.8 Å². The van der Waals surface area contributed by atoms with Crippen LogP contribution < -0.4 is 4.90 Å². The molecule has 0 atom stereocenters. The number of methoxy groups -OCH3 is 1. The van der Waals surface area contributed by atoms with Crippen molar-refractivity contribution in [2.24, 2.45) is 0 Å². The molecule has 0 N–H and O–H groups in total. The largest absolute Gasteiger partial charge is 0.465 e. The van der Waals surface area contributed by atoms with Gasteiger partial charge in [0.1, 0.15) is 0 Å². The first-order valence-corrected chi connectivity index (χ1v) is 7.35. The molecule has 2 fully saturated rings. The predicted octanol–water partition coefficient (Wildman–Crippen LogP) is 2.12. The van der Waals surface area contributed by atoms with Gasteiger partial charge in [-0.05, 0) is 24.6 Å². The Morgan fingerprint density at radius 3 is 2.52 bits per heavy atom. The second kappa shape index (κ2) is 5.66. The number of hydrogen-bond acceptors (Lipinski definition) is 5. The second-order valence-electron chi connectivity index (χ2n) is 5.59. The Balaban J connectivity index is 1.74. The number of rotatable bonds is 2. The number of esters is 1. The SMILES string of the molecule is COC(=O)c1cc(N2CCC3(CC2)OCCO3)ccc1C. The lowest BCUT2D eigenvalue weighted by Gasteiger charge is -2.38. The lowest BCUT2D eigenvalue weighted by Crippen LogP contribution is -2.45. The fraction of sp³-hybridized carbons (Fsp3) is 0.562. The molecular weight excluding hydrogens is 270 g/mol. The lowest BCUT2D eigenvalue weighted by atomic mass is 10.0. The van der Waals surface area contributed by atoms with Crippen molar-refractivity contribution in [2.45, 2.75) is 25.6 Å². The van der Waals surface area contributed by atoms with Crippen LogP contribution in [0.3, 0.4) is 0 Å². The van der Waals surface area contributed by atoms with E-state index in [9.17, 15) is 4.79 Å². The fourth-order valence-corrected chi connectivity index (χ4v) is 3.03. The number of carbonyl (C=O) groups is 1. The Morgan fingerprint density at radius 1 is 1.24 bits per heavy atom. The van der Waals surface area contributed by atoms with Crippen molar-refractivity contribution >= 4 is 11.7 Å². The molecule has 0 unspecified atom stereocenters. The molecular formula is C16H21NO4. The van der Waals surface area contributed by atoms with E-state index in [4.69, 9.17) is 14.2 Å². The van der Waals surface area contributed by atoms with Crippen LogP contribution >= 0.6 is 0 Å². The first-order chi connectivity index (χ1) is 10.1. The third-order valence-corrected chi connectivity index (χ3v) is 4.33. The summed E-state index contributed by atoms with van der Waals surface area (Å²) in [5.74, 6) is -0.655. The Morgan fingerprint density at radius 2 is 1.90 bits per heavy atom. The van der Waals surface area contributed by atoms with Crippen molar-refractivity contribution in [1.82, 2.24) is 0 Å². The first-order valence-electron chi connectivity index (χ1n) is 7.35. The molecule has 0 radical (unpaired) electrons. The standard InChI is InChI=1S/C16H21NO4/c1-12-3-4-13(11-14(12)15(18)19-2)17-7-5-16(6-8-17)20-9-10-21-16/h3-4,11H,5-10H2,1-2H3. The van der Waals surface area contributed by atoms with Gasteiger partial charge in [-0.25, -0.2) is 4.79 Å². The Labute approximate surface area is 124 Å². The summed E-state index contributed by atoms with van der Waals surface area (Å²) in [4.78, 5) is 14.1. The minimum absolute atomic E-state index is 0.287. The monoisotopic (exact) mass is 291 g/mol. The van der Waals surface area contributed by atoms with Crippen molar-refractivity contribution in [3.8, 4) is 0 Å². The molecule has 2 aliphatic heterocycles. The van der Waals surface area contributed by atoms with E-state index in [1.165, 1.54) is 7.11 Å². The van der Waals surface area contributed by atoms with Gasteiger partial charge >= 0.3 is 5.97 Å². The van der Waals surface area contributed by atoms with Crippen LogP contribution in [0.15, 0.2) is 18.2 Å². The van der Waals surface area contributed by atoms with Crippen LogP contribution in [0.2, 0.25) is 0 Å². The van der Waals surface area contributed by atoms with Crippen molar-refractivity contribution in [1.29, 1.82) is 0 Å². The molecule has 2 aliphatic rings. The third-order valence-electron chi connectivity index (χ3n) is 4.33. The van der Waals surface area contributed by atoms with Gasteiger partial charge in [-0.15, -0.1) is 0 Å². The van der Waals surface area contributed by atoms with Crippen molar-refractivity contribution in [3.63, 3.8) is 0 Å². The number of benzene rings is 1. The summed E-state index contributed by atoms with van der Waals surface area (Å²) in [5.41, 5.74) is 2.61. The van der Waals surface area contributed by atoms with Crippen LogP contribution in [-0.4, -0.2) is 45.2 Å². The highest BCUT2D eigenvalue weighted by atomic mass is 16.7. The summed E-state index contributed by atoms with van der Waals surface area (Å²) in [6.07, 6.45) is 1.71. The number of nitrogens with zero attached hydrogens (tertiary/aromatic N) is 1. The molecule has 5 nitrogen and oxygen atoms in total. The zero-order chi connectivity index (χ0) is 14.9. The minimum atomic E-state index is -0.369. The van der Waals surface area contributed by atoms with Gasteiger partial charge in [-0.2, -0.15) is 0 Å². The number of carbonyl (C=O) groups excluding carboxylic acids is 1. The molecule has 1 spiro atoms. The average Bonchev–Trinajstić information content (AvgIpc) is 2.96. The van der Waals surface area contributed by atoms with Crippen LogP contribution in [0, 0.1) is 6.92 Å². The van der Waals surface area contributed by atoms with E-state index in [1.54, 1.807) is 0 Å². The van der Waals surface area contributed by atoms with Crippen LogP contribution in [-0.2, 0) is 14.2 Å². The van der Waals surface area contributed by atoms with Gasteiger partial charge < -0.3 is 19.1 Å². The molecule has 0 bridgehead atoms. The van der Waals surface area contributed by atoms with Gasteiger partial charge in [0.15, 0.2) is 5.79 Å². The molecule has 5 heteroatoms. The van der Waals surface area contributed by atoms with Crippen LogP contribution in [0.4, 0.5) is 5.69 Å². The summed E-state index contributed by atoms with van der Waals surface area (Å²) >= 11 is 0.